The second-order valence-electron chi connectivity index (χ2n) is 7.58. The first kappa shape index (κ1) is 19.1. The number of nitrogens with zero attached hydrogens (tertiary/aromatic N) is 2. The molecule has 3 amide bonds. The Morgan fingerprint density at radius 3 is 2.14 bits per heavy atom. The molecule has 0 bridgehead atoms. The van der Waals surface area contributed by atoms with Crippen molar-refractivity contribution in [1.29, 1.82) is 0 Å². The molecule has 2 aromatic rings. The van der Waals surface area contributed by atoms with E-state index in [2.05, 4.69) is 11.8 Å². The van der Waals surface area contributed by atoms with Gasteiger partial charge in [0.15, 0.2) is 11.6 Å². The van der Waals surface area contributed by atoms with Crippen molar-refractivity contribution in [2.45, 2.75) is 37.6 Å². The van der Waals surface area contributed by atoms with E-state index in [0.29, 0.717) is 10.5 Å². The molecule has 1 spiro atoms. The van der Waals surface area contributed by atoms with Crippen molar-refractivity contribution in [3.05, 3.63) is 65.2 Å². The molecule has 4 nitrogen and oxygen atoms in total. The van der Waals surface area contributed by atoms with Gasteiger partial charge in [-0.1, -0.05) is 42.9 Å². The van der Waals surface area contributed by atoms with Gasteiger partial charge < -0.3 is 4.90 Å². The average Bonchev–Trinajstić information content (AvgIpc) is 3.17. The largest absolute Gasteiger partial charge is 0.331 e. The number of halogens is 2. The van der Waals surface area contributed by atoms with Gasteiger partial charge in [0, 0.05) is 18.2 Å². The summed E-state index contributed by atoms with van der Waals surface area (Å²) in [4.78, 5) is 27.7. The van der Waals surface area contributed by atoms with E-state index in [0.717, 1.165) is 37.8 Å². The van der Waals surface area contributed by atoms with Gasteiger partial charge in [-0.2, -0.15) is 0 Å². The van der Waals surface area contributed by atoms with Gasteiger partial charge in [0.2, 0.25) is 5.91 Å². The quantitative estimate of drug-likeness (QED) is 0.670. The molecule has 1 saturated heterocycles. The van der Waals surface area contributed by atoms with Gasteiger partial charge in [-0.05, 0) is 37.1 Å². The Labute approximate surface area is 168 Å². The first-order valence-electron chi connectivity index (χ1n) is 9.58. The number of rotatable bonds is 1. The van der Waals surface area contributed by atoms with E-state index in [9.17, 15) is 18.4 Å². The third kappa shape index (κ3) is 3.38. The van der Waals surface area contributed by atoms with Crippen molar-refractivity contribution in [2.75, 3.05) is 11.9 Å². The number of hydrogen-bond acceptors (Lipinski definition) is 2. The molecule has 1 aliphatic carbocycles. The second kappa shape index (κ2) is 7.32. The first-order chi connectivity index (χ1) is 13.9. The predicted octanol–water partition coefficient (Wildman–Crippen LogP) is 4.47. The second-order valence-corrected chi connectivity index (χ2v) is 7.58. The molecule has 6 heteroatoms. The highest BCUT2D eigenvalue weighted by atomic mass is 19.1. The van der Waals surface area contributed by atoms with Crippen LogP contribution < -0.4 is 4.90 Å². The molecule has 0 N–H and O–H groups in total. The van der Waals surface area contributed by atoms with Crippen LogP contribution in [0.25, 0.3) is 0 Å². The number of carbonyl (C=O) groups excluding carboxylic acids is 2. The number of carbonyl (C=O) groups is 2. The van der Waals surface area contributed by atoms with Crippen molar-refractivity contribution < 1.29 is 18.4 Å². The molecule has 1 heterocycles. The minimum absolute atomic E-state index is 0.0731. The Bertz CT molecular complexity index is 1010. The summed E-state index contributed by atoms with van der Waals surface area (Å²) in [6.07, 6.45) is 3.40. The number of hydrogen-bond donors (Lipinski definition) is 0. The van der Waals surface area contributed by atoms with Crippen LogP contribution in [0.1, 0.15) is 43.2 Å². The van der Waals surface area contributed by atoms with Crippen LogP contribution in [0, 0.1) is 23.5 Å². The number of urea groups is 1. The van der Waals surface area contributed by atoms with Gasteiger partial charge in [-0.25, -0.2) is 18.5 Å². The van der Waals surface area contributed by atoms with Crippen LogP contribution in [0.3, 0.4) is 0 Å². The maximum Gasteiger partial charge on any atom is 0.331 e. The van der Waals surface area contributed by atoms with E-state index >= 15 is 0 Å². The van der Waals surface area contributed by atoms with E-state index in [1.165, 1.54) is 4.90 Å². The van der Waals surface area contributed by atoms with Crippen LogP contribution in [-0.4, -0.2) is 29.4 Å². The van der Waals surface area contributed by atoms with Crippen LogP contribution in [0.5, 0.6) is 0 Å². The van der Waals surface area contributed by atoms with E-state index in [1.54, 1.807) is 19.2 Å². The van der Waals surface area contributed by atoms with Crippen LogP contribution >= 0.6 is 0 Å². The summed E-state index contributed by atoms with van der Waals surface area (Å²) in [6.45, 7) is 0. The average molecular weight is 394 g/mol. The standard InChI is InChI=1S/C23H20F2N2O2/c1-26-22(29)27(20(28)15-23(26)11-5-6-12-23)21-18(24)13-17(14-19(21)25)10-9-16-7-3-2-4-8-16/h2-4,7-8,13-14H,5-6,11-12,15H2,1H3. The lowest BCUT2D eigenvalue weighted by Crippen LogP contribution is -2.62. The highest BCUT2D eigenvalue weighted by Crippen LogP contribution is 2.42. The predicted molar refractivity (Wildman–Crippen MR) is 105 cm³/mol. The third-order valence-corrected chi connectivity index (χ3v) is 5.82. The van der Waals surface area contributed by atoms with Crippen LogP contribution in [-0.2, 0) is 4.79 Å². The topological polar surface area (TPSA) is 40.6 Å². The van der Waals surface area contributed by atoms with Gasteiger partial charge >= 0.3 is 6.03 Å². The molecule has 0 radical (unpaired) electrons. The van der Waals surface area contributed by atoms with Crippen molar-refractivity contribution in [3.63, 3.8) is 0 Å². The summed E-state index contributed by atoms with van der Waals surface area (Å²) in [6, 6.07) is 10.5. The molecule has 0 unspecified atom stereocenters. The highest BCUT2D eigenvalue weighted by Gasteiger charge is 2.50. The fourth-order valence-electron chi connectivity index (χ4n) is 4.22. The third-order valence-electron chi connectivity index (χ3n) is 5.82. The zero-order valence-electron chi connectivity index (χ0n) is 16.0. The Hall–Kier alpha value is -3.20. The minimum atomic E-state index is -0.986. The monoisotopic (exact) mass is 394 g/mol. The zero-order valence-corrected chi connectivity index (χ0v) is 16.0. The van der Waals surface area contributed by atoms with E-state index in [1.807, 2.05) is 18.2 Å². The maximum absolute atomic E-state index is 14.8. The summed E-state index contributed by atoms with van der Waals surface area (Å²) >= 11 is 0. The SMILES string of the molecule is CN1C(=O)N(c2c(F)cc(C#Cc3ccccc3)cc2F)C(=O)CC12CCCC2. The van der Waals surface area contributed by atoms with Crippen LogP contribution in [0.15, 0.2) is 42.5 Å². The lowest BCUT2D eigenvalue weighted by Gasteiger charge is -2.45. The van der Waals surface area contributed by atoms with Gasteiger partial charge in [-0.3, -0.25) is 4.79 Å². The molecular formula is C23H20F2N2O2. The lowest BCUT2D eigenvalue weighted by atomic mass is 9.88. The van der Waals surface area contributed by atoms with Crippen LogP contribution in [0.2, 0.25) is 0 Å². The molecule has 148 valence electrons. The number of imide groups is 1. The number of amides is 3. The van der Waals surface area contributed by atoms with E-state index < -0.39 is 34.8 Å². The molecule has 2 aromatic carbocycles. The Morgan fingerprint density at radius 1 is 0.931 bits per heavy atom. The van der Waals surface area contributed by atoms with Gasteiger partial charge in [0.1, 0.15) is 5.69 Å². The smallest absolute Gasteiger partial charge is 0.321 e. The number of anilines is 1. The molecule has 0 atom stereocenters. The van der Waals surface area contributed by atoms with Crippen LogP contribution in [0.4, 0.5) is 19.3 Å². The van der Waals surface area contributed by atoms with Gasteiger partial charge in [0.25, 0.3) is 0 Å². The molecule has 2 fully saturated rings. The zero-order chi connectivity index (χ0) is 20.6. The van der Waals surface area contributed by atoms with E-state index in [4.69, 9.17) is 0 Å². The van der Waals surface area contributed by atoms with Crippen molar-refractivity contribution in [3.8, 4) is 11.8 Å². The maximum atomic E-state index is 14.8. The molecular weight excluding hydrogens is 374 g/mol. The van der Waals surface area contributed by atoms with Gasteiger partial charge in [0.05, 0.1) is 12.0 Å². The lowest BCUT2D eigenvalue weighted by molar-refractivity contribution is -0.122. The Kier molecular flexibility index (Phi) is 4.83. The molecule has 1 saturated carbocycles. The first-order valence-corrected chi connectivity index (χ1v) is 9.58. The Balaban J connectivity index is 1.66. The number of benzene rings is 2. The molecule has 29 heavy (non-hydrogen) atoms. The summed E-state index contributed by atoms with van der Waals surface area (Å²) < 4.78 is 29.6. The van der Waals surface area contributed by atoms with Crippen molar-refractivity contribution in [1.82, 2.24) is 4.90 Å². The highest BCUT2D eigenvalue weighted by molar-refractivity contribution is 6.16. The fourth-order valence-corrected chi connectivity index (χ4v) is 4.22. The van der Waals surface area contributed by atoms with Crippen molar-refractivity contribution >= 4 is 17.6 Å². The minimum Gasteiger partial charge on any atom is -0.321 e. The molecule has 1 aliphatic heterocycles. The molecule has 4 rings (SSSR count). The molecule has 2 aliphatic rings. The van der Waals surface area contributed by atoms with Crippen molar-refractivity contribution in [2.24, 2.45) is 0 Å². The summed E-state index contributed by atoms with van der Waals surface area (Å²) in [5.41, 5.74) is -0.323. The van der Waals surface area contributed by atoms with E-state index in [-0.39, 0.29) is 12.0 Å². The summed E-state index contributed by atoms with van der Waals surface area (Å²) in [5, 5.41) is 0. The molecule has 0 aromatic heterocycles. The summed E-state index contributed by atoms with van der Waals surface area (Å²) in [7, 11) is 1.60. The Morgan fingerprint density at radius 2 is 1.52 bits per heavy atom. The fraction of sp³-hybridized carbons (Fsp3) is 0.304. The van der Waals surface area contributed by atoms with Gasteiger partial charge in [-0.15, -0.1) is 0 Å². The normalized spacial score (nSPS) is 18.2. The summed E-state index contributed by atoms with van der Waals surface area (Å²) in [5.74, 6) is 3.00.